The number of nitrogens with zero attached hydrogens (tertiary/aromatic N) is 4. The minimum atomic E-state index is -4.43. The fraction of sp³-hybridized carbons (Fsp3) is 0.0526. The van der Waals surface area contributed by atoms with Crippen LogP contribution in [0.4, 0.5) is 11.5 Å². The molecule has 0 saturated carbocycles. The van der Waals surface area contributed by atoms with E-state index < -0.39 is 10.1 Å². The first-order valence-electron chi connectivity index (χ1n) is 8.32. The Morgan fingerprint density at radius 2 is 1.69 bits per heavy atom. The van der Waals surface area contributed by atoms with E-state index in [4.69, 9.17) is 0 Å². The lowest BCUT2D eigenvalue weighted by molar-refractivity contribution is 0.481. The molecule has 146 valence electrons. The third-order valence-electron chi connectivity index (χ3n) is 4.29. The summed E-state index contributed by atoms with van der Waals surface area (Å²) in [5.41, 5.74) is 0.0773. The van der Waals surface area contributed by atoms with Crippen molar-refractivity contribution in [2.75, 3.05) is 6.26 Å². The largest absolute Gasteiger partial charge is 0.505 e. The van der Waals surface area contributed by atoms with Gasteiger partial charge in [0.15, 0.2) is 16.7 Å². The normalized spacial score (nSPS) is 12.2. The predicted octanol–water partition coefficient (Wildman–Crippen LogP) is 4.87. The highest BCUT2D eigenvalue weighted by atomic mass is 32.2. The van der Waals surface area contributed by atoms with E-state index >= 15 is 0 Å². The zero-order valence-electron chi connectivity index (χ0n) is 15.0. The zero-order valence-corrected chi connectivity index (χ0v) is 16.6. The minimum Gasteiger partial charge on any atom is -0.505 e. The maximum Gasteiger partial charge on any atom is 0.294 e. The van der Waals surface area contributed by atoms with Crippen LogP contribution < -0.4 is 0 Å². The SMILES string of the molecule is CSc1nccc(N=Nc2c(O)c3ccccc3c3ccc(S(=O)(=O)O)cc23)n1. The summed E-state index contributed by atoms with van der Waals surface area (Å²) < 4.78 is 32.6. The highest BCUT2D eigenvalue weighted by Gasteiger charge is 2.17. The van der Waals surface area contributed by atoms with E-state index in [1.807, 2.05) is 12.3 Å². The molecule has 1 heterocycles. The number of azo groups is 1. The molecule has 0 radical (unpaired) electrons. The summed E-state index contributed by atoms with van der Waals surface area (Å²) in [4.78, 5) is 7.97. The number of fused-ring (bicyclic) bond motifs is 3. The van der Waals surface area contributed by atoms with Crippen LogP contribution in [-0.4, -0.2) is 34.3 Å². The van der Waals surface area contributed by atoms with Crippen molar-refractivity contribution in [2.45, 2.75) is 10.1 Å². The van der Waals surface area contributed by atoms with Gasteiger partial charge in [-0.2, -0.15) is 8.42 Å². The molecule has 0 spiro atoms. The van der Waals surface area contributed by atoms with Crippen molar-refractivity contribution in [3.63, 3.8) is 0 Å². The second-order valence-corrected chi connectivity index (χ2v) is 8.22. The first-order chi connectivity index (χ1) is 13.9. The topological polar surface area (TPSA) is 125 Å². The van der Waals surface area contributed by atoms with Crippen LogP contribution >= 0.6 is 11.8 Å². The number of rotatable bonds is 4. The standard InChI is InChI=1S/C19H14N4O4S2/c1-28-19-20-9-8-16(21-19)22-23-17-15-10-11(29(25,26)27)6-7-13(15)12-4-2-3-5-14(12)18(17)24/h2-10,24H,1H3,(H,25,26,27). The van der Waals surface area contributed by atoms with Crippen molar-refractivity contribution in [1.82, 2.24) is 9.97 Å². The molecule has 4 rings (SSSR count). The van der Waals surface area contributed by atoms with Crippen LogP contribution in [-0.2, 0) is 10.1 Å². The molecular weight excluding hydrogens is 412 g/mol. The fourth-order valence-corrected chi connectivity index (χ4v) is 3.84. The molecule has 8 nitrogen and oxygen atoms in total. The lowest BCUT2D eigenvalue weighted by Crippen LogP contribution is -1.97. The molecule has 4 aromatic rings. The van der Waals surface area contributed by atoms with Crippen molar-refractivity contribution in [3.8, 4) is 5.75 Å². The highest BCUT2D eigenvalue weighted by Crippen LogP contribution is 2.44. The molecule has 2 N–H and O–H groups in total. The number of benzene rings is 3. The summed E-state index contributed by atoms with van der Waals surface area (Å²) >= 11 is 1.35. The maximum absolute atomic E-state index is 11.6. The van der Waals surface area contributed by atoms with Crippen LogP contribution in [0.15, 0.2) is 75.0 Å². The van der Waals surface area contributed by atoms with E-state index in [1.165, 1.54) is 23.9 Å². The second-order valence-electron chi connectivity index (χ2n) is 6.03. The Hall–Kier alpha value is -3.08. The Morgan fingerprint density at radius 1 is 0.966 bits per heavy atom. The average molecular weight is 426 g/mol. The Labute approximate surface area is 170 Å². The molecule has 0 atom stereocenters. The Morgan fingerprint density at radius 3 is 2.41 bits per heavy atom. The van der Waals surface area contributed by atoms with E-state index in [0.29, 0.717) is 26.7 Å². The van der Waals surface area contributed by atoms with Crippen molar-refractivity contribution in [3.05, 3.63) is 54.7 Å². The van der Waals surface area contributed by atoms with Gasteiger partial charge in [-0.15, -0.1) is 10.2 Å². The number of aromatic nitrogens is 2. The summed E-state index contributed by atoms with van der Waals surface area (Å²) in [5.74, 6) is 0.138. The molecule has 0 unspecified atom stereocenters. The second kappa shape index (κ2) is 7.39. The number of phenols is 1. The van der Waals surface area contributed by atoms with Gasteiger partial charge in [0, 0.05) is 23.0 Å². The van der Waals surface area contributed by atoms with Crippen LogP contribution in [0, 0.1) is 0 Å². The van der Waals surface area contributed by atoms with Crippen LogP contribution in [0.25, 0.3) is 21.5 Å². The third-order valence-corrected chi connectivity index (χ3v) is 5.71. The van der Waals surface area contributed by atoms with Crippen LogP contribution in [0.3, 0.4) is 0 Å². The van der Waals surface area contributed by atoms with Gasteiger partial charge < -0.3 is 5.11 Å². The number of phenolic OH excluding ortho intramolecular Hbond substituents is 1. The van der Waals surface area contributed by atoms with E-state index in [0.717, 1.165) is 0 Å². The monoisotopic (exact) mass is 426 g/mol. The lowest BCUT2D eigenvalue weighted by atomic mass is 9.99. The number of hydrogen-bond acceptors (Lipinski definition) is 8. The third kappa shape index (κ3) is 3.65. The van der Waals surface area contributed by atoms with Gasteiger partial charge in [0.05, 0.1) is 4.90 Å². The van der Waals surface area contributed by atoms with Gasteiger partial charge in [0.2, 0.25) is 0 Å². The number of aromatic hydroxyl groups is 1. The van der Waals surface area contributed by atoms with Gasteiger partial charge in [-0.25, -0.2) is 9.97 Å². The van der Waals surface area contributed by atoms with Gasteiger partial charge in [-0.05, 0) is 29.2 Å². The molecule has 0 amide bonds. The lowest BCUT2D eigenvalue weighted by Gasteiger charge is -2.11. The highest BCUT2D eigenvalue weighted by molar-refractivity contribution is 7.98. The molecule has 29 heavy (non-hydrogen) atoms. The molecule has 10 heteroatoms. The van der Waals surface area contributed by atoms with E-state index in [-0.39, 0.29) is 22.2 Å². The first-order valence-corrected chi connectivity index (χ1v) is 11.0. The summed E-state index contributed by atoms with van der Waals surface area (Å²) in [6.07, 6.45) is 3.37. The molecule has 0 aliphatic heterocycles. The molecule has 0 fully saturated rings. The molecule has 1 aromatic heterocycles. The summed E-state index contributed by atoms with van der Waals surface area (Å²) in [7, 11) is -4.43. The first kappa shape index (κ1) is 19.2. The van der Waals surface area contributed by atoms with E-state index in [1.54, 1.807) is 36.5 Å². The Kier molecular flexibility index (Phi) is 4.91. The van der Waals surface area contributed by atoms with Crippen LogP contribution in [0.2, 0.25) is 0 Å². The van der Waals surface area contributed by atoms with Crippen LogP contribution in [0.1, 0.15) is 0 Å². The van der Waals surface area contributed by atoms with Gasteiger partial charge in [0.1, 0.15) is 5.69 Å². The van der Waals surface area contributed by atoms with Crippen LogP contribution in [0.5, 0.6) is 5.75 Å². The van der Waals surface area contributed by atoms with Gasteiger partial charge in [-0.3, -0.25) is 4.55 Å². The predicted molar refractivity (Wildman–Crippen MR) is 111 cm³/mol. The van der Waals surface area contributed by atoms with Gasteiger partial charge >= 0.3 is 0 Å². The zero-order chi connectivity index (χ0) is 20.6. The quantitative estimate of drug-likeness (QED) is 0.157. The van der Waals surface area contributed by atoms with Gasteiger partial charge in [-0.1, -0.05) is 42.1 Å². The molecule has 0 aliphatic carbocycles. The minimum absolute atomic E-state index is 0.0773. The molecule has 0 bridgehead atoms. The molecule has 3 aromatic carbocycles. The van der Waals surface area contributed by atoms with Gasteiger partial charge in [0.25, 0.3) is 10.1 Å². The van der Waals surface area contributed by atoms with Crippen molar-refractivity contribution in [2.24, 2.45) is 10.2 Å². The maximum atomic E-state index is 11.6. The Balaban J connectivity index is 2.01. The summed E-state index contributed by atoms with van der Waals surface area (Å²) in [6, 6.07) is 12.8. The number of thioether (sulfide) groups is 1. The Bertz CT molecular complexity index is 1390. The smallest absolute Gasteiger partial charge is 0.294 e. The summed E-state index contributed by atoms with van der Waals surface area (Å²) in [5, 5.41) is 21.8. The molecule has 0 aliphatic rings. The number of hydrogen-bond donors (Lipinski definition) is 2. The van der Waals surface area contributed by atoms with Crippen molar-refractivity contribution >= 4 is 54.9 Å². The van der Waals surface area contributed by atoms with E-state index in [9.17, 15) is 18.1 Å². The molecular formula is C19H14N4O4S2. The van der Waals surface area contributed by atoms with E-state index in [2.05, 4.69) is 20.2 Å². The molecule has 0 saturated heterocycles. The van der Waals surface area contributed by atoms with Crippen molar-refractivity contribution < 1.29 is 18.1 Å². The van der Waals surface area contributed by atoms with Crippen molar-refractivity contribution in [1.29, 1.82) is 0 Å². The fourth-order valence-electron chi connectivity index (χ4n) is 2.98. The average Bonchev–Trinajstić information content (AvgIpc) is 2.73. The summed E-state index contributed by atoms with van der Waals surface area (Å²) in [6.45, 7) is 0.